The molecule has 2 atom stereocenters. The molecule has 2 rings (SSSR count). The minimum atomic E-state index is 0.322. The Hall–Kier alpha value is -0.650. The van der Waals surface area contributed by atoms with Crippen LogP contribution < -0.4 is 10.2 Å². The summed E-state index contributed by atoms with van der Waals surface area (Å²) in [5.41, 5.74) is 1.60. The van der Waals surface area contributed by atoms with Gasteiger partial charge in [-0.05, 0) is 32.2 Å². The molecule has 0 fully saturated rings. The Labute approximate surface area is 126 Å². The molecule has 114 valence electrons. The Morgan fingerprint density at radius 2 is 2.25 bits per heavy atom. The normalized spacial score (nSPS) is 22.4. The summed E-state index contributed by atoms with van der Waals surface area (Å²) < 4.78 is 5.25. The number of thiazole rings is 1. The van der Waals surface area contributed by atoms with Crippen molar-refractivity contribution in [3.63, 3.8) is 0 Å². The van der Waals surface area contributed by atoms with Gasteiger partial charge in [-0.2, -0.15) is 0 Å². The Bertz CT molecular complexity index is 458. The van der Waals surface area contributed by atoms with Gasteiger partial charge in [-0.25, -0.2) is 4.98 Å². The highest BCUT2D eigenvalue weighted by Gasteiger charge is 2.35. The second kappa shape index (κ2) is 6.00. The molecule has 1 aliphatic rings. The number of hydrogen-bond donors (Lipinski definition) is 1. The van der Waals surface area contributed by atoms with Crippen molar-refractivity contribution in [3.05, 3.63) is 10.6 Å². The van der Waals surface area contributed by atoms with E-state index in [1.165, 1.54) is 17.0 Å². The smallest absolute Gasteiger partial charge is 0.185 e. The molecule has 0 amide bonds. The van der Waals surface area contributed by atoms with Gasteiger partial charge >= 0.3 is 0 Å². The number of rotatable bonds is 5. The molecule has 0 spiro atoms. The highest BCUT2D eigenvalue weighted by molar-refractivity contribution is 7.15. The van der Waals surface area contributed by atoms with Gasteiger partial charge in [0.15, 0.2) is 5.13 Å². The average molecular weight is 297 g/mol. The Morgan fingerprint density at radius 1 is 1.55 bits per heavy atom. The fourth-order valence-electron chi connectivity index (χ4n) is 2.85. The lowest BCUT2D eigenvalue weighted by molar-refractivity contribution is 0.183. The monoisotopic (exact) mass is 297 g/mol. The van der Waals surface area contributed by atoms with Crippen LogP contribution in [-0.4, -0.2) is 38.8 Å². The highest BCUT2D eigenvalue weighted by atomic mass is 32.1. The SMILES string of the molecule is CNC1CC(C)(C)Cc2nc(N(C)C(C)COC)sc21. The minimum absolute atomic E-state index is 0.322. The number of likely N-dealkylation sites (N-methyl/N-ethyl adjacent to an activating group) is 1. The number of anilines is 1. The molecule has 1 aliphatic carbocycles. The van der Waals surface area contributed by atoms with Gasteiger partial charge in [0, 0.05) is 25.1 Å². The van der Waals surface area contributed by atoms with Gasteiger partial charge < -0.3 is 15.0 Å². The fourth-order valence-corrected chi connectivity index (χ4v) is 4.10. The van der Waals surface area contributed by atoms with Gasteiger partial charge in [0.05, 0.1) is 18.3 Å². The fraction of sp³-hybridized carbons (Fsp3) is 0.800. The van der Waals surface area contributed by atoms with E-state index < -0.39 is 0 Å². The Balaban J connectivity index is 2.26. The minimum Gasteiger partial charge on any atom is -0.383 e. The van der Waals surface area contributed by atoms with E-state index in [-0.39, 0.29) is 0 Å². The van der Waals surface area contributed by atoms with Crippen molar-refractivity contribution in [2.45, 2.75) is 45.7 Å². The number of nitrogens with one attached hydrogen (secondary N) is 1. The molecule has 0 radical (unpaired) electrons. The van der Waals surface area contributed by atoms with Crippen LogP contribution in [0.4, 0.5) is 5.13 Å². The zero-order valence-corrected chi connectivity index (χ0v) is 14.3. The van der Waals surface area contributed by atoms with E-state index in [1.807, 2.05) is 18.4 Å². The van der Waals surface area contributed by atoms with Crippen molar-refractivity contribution < 1.29 is 4.74 Å². The van der Waals surface area contributed by atoms with Crippen LogP contribution in [0.15, 0.2) is 0 Å². The highest BCUT2D eigenvalue weighted by Crippen LogP contribution is 2.44. The lowest BCUT2D eigenvalue weighted by Gasteiger charge is -2.34. The first kappa shape index (κ1) is 15.7. The van der Waals surface area contributed by atoms with Crippen molar-refractivity contribution in [1.29, 1.82) is 0 Å². The van der Waals surface area contributed by atoms with Crippen LogP contribution in [0.2, 0.25) is 0 Å². The first-order valence-electron chi connectivity index (χ1n) is 7.26. The summed E-state index contributed by atoms with van der Waals surface area (Å²) in [6.45, 7) is 7.55. The molecular weight excluding hydrogens is 270 g/mol. The van der Waals surface area contributed by atoms with E-state index in [4.69, 9.17) is 9.72 Å². The summed E-state index contributed by atoms with van der Waals surface area (Å²) in [5.74, 6) is 0. The Kier molecular flexibility index (Phi) is 4.72. The molecule has 0 saturated heterocycles. The molecule has 1 aromatic rings. The number of fused-ring (bicyclic) bond motifs is 1. The van der Waals surface area contributed by atoms with Gasteiger partial charge in [0.25, 0.3) is 0 Å². The van der Waals surface area contributed by atoms with Gasteiger partial charge in [-0.1, -0.05) is 25.2 Å². The molecule has 0 aromatic carbocycles. The first-order chi connectivity index (χ1) is 9.38. The third-order valence-corrected chi connectivity index (χ3v) is 5.46. The third kappa shape index (κ3) is 3.15. The third-order valence-electron chi connectivity index (χ3n) is 4.15. The van der Waals surface area contributed by atoms with Crippen LogP contribution in [0, 0.1) is 5.41 Å². The molecular formula is C15H27N3OS. The van der Waals surface area contributed by atoms with Crippen molar-refractivity contribution in [1.82, 2.24) is 10.3 Å². The summed E-state index contributed by atoms with van der Waals surface area (Å²) in [6.07, 6.45) is 2.25. The molecule has 0 bridgehead atoms. The number of aromatic nitrogens is 1. The molecule has 20 heavy (non-hydrogen) atoms. The predicted octanol–water partition coefficient (Wildman–Crippen LogP) is 2.85. The number of methoxy groups -OCH3 is 1. The van der Waals surface area contributed by atoms with E-state index in [0.29, 0.717) is 17.5 Å². The quantitative estimate of drug-likeness (QED) is 0.907. The number of nitrogens with zero attached hydrogens (tertiary/aromatic N) is 2. The summed E-state index contributed by atoms with van der Waals surface area (Å²) >= 11 is 1.83. The number of ether oxygens (including phenoxy) is 1. The van der Waals surface area contributed by atoms with E-state index >= 15 is 0 Å². The van der Waals surface area contributed by atoms with Crippen LogP contribution in [-0.2, 0) is 11.2 Å². The van der Waals surface area contributed by atoms with Crippen LogP contribution >= 0.6 is 11.3 Å². The van der Waals surface area contributed by atoms with Gasteiger partial charge in [-0.3, -0.25) is 0 Å². The van der Waals surface area contributed by atoms with Gasteiger partial charge in [0.1, 0.15) is 0 Å². The molecule has 4 nitrogen and oxygen atoms in total. The van der Waals surface area contributed by atoms with Crippen molar-refractivity contribution in [3.8, 4) is 0 Å². The van der Waals surface area contributed by atoms with Crippen molar-refractivity contribution in [2.75, 3.05) is 32.7 Å². The second-order valence-electron chi connectivity index (χ2n) is 6.61. The van der Waals surface area contributed by atoms with Crippen LogP contribution in [0.5, 0.6) is 0 Å². The largest absolute Gasteiger partial charge is 0.383 e. The van der Waals surface area contributed by atoms with Crippen LogP contribution in [0.3, 0.4) is 0 Å². The predicted molar refractivity (Wildman–Crippen MR) is 85.8 cm³/mol. The lowest BCUT2D eigenvalue weighted by atomic mass is 9.76. The summed E-state index contributed by atoms with van der Waals surface area (Å²) in [7, 11) is 5.90. The van der Waals surface area contributed by atoms with Crippen LogP contribution in [0.25, 0.3) is 0 Å². The average Bonchev–Trinajstić information content (AvgIpc) is 2.79. The molecule has 2 unspecified atom stereocenters. The molecule has 5 heteroatoms. The topological polar surface area (TPSA) is 37.4 Å². The zero-order chi connectivity index (χ0) is 14.9. The van der Waals surface area contributed by atoms with Crippen molar-refractivity contribution in [2.24, 2.45) is 5.41 Å². The van der Waals surface area contributed by atoms with E-state index in [9.17, 15) is 0 Å². The number of hydrogen-bond acceptors (Lipinski definition) is 5. The van der Waals surface area contributed by atoms with Crippen molar-refractivity contribution >= 4 is 16.5 Å². The summed E-state index contributed by atoms with van der Waals surface area (Å²) in [6, 6.07) is 0.778. The maximum absolute atomic E-state index is 5.25. The van der Waals surface area contributed by atoms with E-state index in [0.717, 1.165) is 18.2 Å². The molecule has 0 saturated carbocycles. The molecule has 1 aromatic heterocycles. The van der Waals surface area contributed by atoms with Gasteiger partial charge in [0.2, 0.25) is 0 Å². The lowest BCUT2D eigenvalue weighted by Crippen LogP contribution is -2.32. The maximum atomic E-state index is 5.25. The summed E-state index contributed by atoms with van der Waals surface area (Å²) in [5, 5.41) is 4.56. The molecule has 1 heterocycles. The van der Waals surface area contributed by atoms with Crippen LogP contribution in [0.1, 0.15) is 43.8 Å². The standard InChI is InChI=1S/C15H27N3OS/c1-10(9-19-6)18(5)14-17-12-8-15(2,3)7-11(16-4)13(12)20-14/h10-11,16H,7-9H2,1-6H3. The zero-order valence-electron chi connectivity index (χ0n) is 13.5. The molecule has 0 aliphatic heterocycles. The van der Waals surface area contributed by atoms with E-state index in [1.54, 1.807) is 7.11 Å². The maximum Gasteiger partial charge on any atom is 0.185 e. The Morgan fingerprint density at radius 3 is 2.85 bits per heavy atom. The second-order valence-corrected chi connectivity index (χ2v) is 7.62. The van der Waals surface area contributed by atoms with E-state index in [2.05, 4.69) is 38.0 Å². The molecule has 1 N–H and O–H groups in total. The summed E-state index contributed by atoms with van der Waals surface area (Å²) in [4.78, 5) is 8.54. The van der Waals surface area contributed by atoms with Gasteiger partial charge in [-0.15, -0.1) is 0 Å². The first-order valence-corrected chi connectivity index (χ1v) is 8.08.